The Kier molecular flexibility index (Phi) is 13.4. The van der Waals surface area contributed by atoms with Crippen LogP contribution in [0.15, 0.2) is 66.7 Å². The molecule has 0 aliphatic heterocycles. The molecule has 0 fully saturated rings. The summed E-state index contributed by atoms with van der Waals surface area (Å²) >= 11 is 0. The second-order valence-electron chi connectivity index (χ2n) is 11.2. The highest BCUT2D eigenvalue weighted by atomic mass is 19.1. The summed E-state index contributed by atoms with van der Waals surface area (Å²) in [5, 5.41) is 37.2. The lowest BCUT2D eigenvalue weighted by Crippen LogP contribution is -2.56. The average molecular weight is 639 g/mol. The number of nitrogens with zero attached hydrogens (tertiary/aromatic N) is 2. The van der Waals surface area contributed by atoms with Gasteiger partial charge in [-0.1, -0.05) is 32.0 Å². The quantitative estimate of drug-likeness (QED) is 0.188. The van der Waals surface area contributed by atoms with Gasteiger partial charge in [0, 0.05) is 38.7 Å². The van der Waals surface area contributed by atoms with E-state index in [0.717, 1.165) is 25.0 Å². The zero-order valence-electron chi connectivity index (χ0n) is 26.2. The van der Waals surface area contributed by atoms with Crippen molar-refractivity contribution in [3.63, 3.8) is 0 Å². The third-order valence-electron chi connectivity index (χ3n) is 7.39. The number of amides is 3. The van der Waals surface area contributed by atoms with Crippen LogP contribution in [0, 0.1) is 29.9 Å². The van der Waals surface area contributed by atoms with Crippen LogP contribution in [0.25, 0.3) is 0 Å². The summed E-state index contributed by atoms with van der Waals surface area (Å²) in [5.74, 6) is -3.31. The van der Waals surface area contributed by atoms with Gasteiger partial charge in [0.1, 0.15) is 23.8 Å². The molecule has 0 bridgehead atoms. The number of aliphatic hydroxyl groups is 2. The van der Waals surface area contributed by atoms with Gasteiger partial charge in [-0.3, -0.25) is 14.4 Å². The molecule has 4 N–H and O–H groups in total. The van der Waals surface area contributed by atoms with E-state index in [0.29, 0.717) is 30.3 Å². The van der Waals surface area contributed by atoms with E-state index in [1.807, 2.05) is 19.9 Å². The smallest absolute Gasteiger partial charge is 0.253 e. The van der Waals surface area contributed by atoms with Crippen molar-refractivity contribution in [2.24, 2.45) is 0 Å². The predicted molar refractivity (Wildman–Crippen MR) is 173 cm³/mol. The number of halogens is 2. The molecule has 11 heteroatoms. The van der Waals surface area contributed by atoms with Gasteiger partial charge < -0.3 is 25.7 Å². The fraction of sp³-hybridized carbons (Fsp3) is 0.371. The Labute approximate surface area is 270 Å². The maximum Gasteiger partial charge on any atom is 0.253 e. The Morgan fingerprint density at radius 1 is 0.826 bits per heavy atom. The summed E-state index contributed by atoms with van der Waals surface area (Å²) in [6.07, 6.45) is -2.77. The summed E-state index contributed by atoms with van der Waals surface area (Å²) in [6, 6.07) is 14.7. The van der Waals surface area contributed by atoms with Crippen molar-refractivity contribution < 1.29 is 36.2 Å². The Morgan fingerprint density at radius 3 is 1.96 bits per heavy atom. The van der Waals surface area contributed by atoms with Crippen LogP contribution in [0.4, 0.5) is 8.78 Å². The van der Waals surface area contributed by atoms with Crippen LogP contribution in [0.3, 0.4) is 0 Å². The molecule has 9 nitrogen and oxygen atoms in total. The summed E-state index contributed by atoms with van der Waals surface area (Å²) in [6.45, 7) is 6.74. The number of nitriles is 1. The first-order chi connectivity index (χ1) is 22.0. The van der Waals surface area contributed by atoms with Gasteiger partial charge in [0.15, 0.2) is 0 Å². The van der Waals surface area contributed by atoms with E-state index in [1.165, 1.54) is 18.2 Å². The van der Waals surface area contributed by atoms with Crippen molar-refractivity contribution in [3.8, 4) is 6.07 Å². The molecule has 0 saturated carbocycles. The monoisotopic (exact) mass is 638 g/mol. The maximum atomic E-state index is 14.1. The van der Waals surface area contributed by atoms with Crippen LogP contribution >= 0.6 is 0 Å². The first-order valence-electron chi connectivity index (χ1n) is 15.2. The minimum absolute atomic E-state index is 0. The molecule has 3 aromatic rings. The Hall–Kier alpha value is -4.66. The van der Waals surface area contributed by atoms with Gasteiger partial charge in [0.25, 0.3) is 17.7 Å². The molecule has 46 heavy (non-hydrogen) atoms. The minimum atomic E-state index is -1.81. The normalized spacial score (nSPS) is 13.5. The van der Waals surface area contributed by atoms with E-state index in [2.05, 4.69) is 10.6 Å². The molecule has 0 radical (unpaired) electrons. The molecule has 4 atom stereocenters. The molecule has 0 unspecified atom stereocenters. The van der Waals surface area contributed by atoms with Crippen molar-refractivity contribution in [2.75, 3.05) is 13.1 Å². The first-order valence-corrected chi connectivity index (χ1v) is 15.2. The van der Waals surface area contributed by atoms with E-state index in [-0.39, 0.29) is 38.3 Å². The number of benzene rings is 3. The molecule has 3 amide bonds. The summed E-state index contributed by atoms with van der Waals surface area (Å²) in [5.41, 5.74) is 1.36. The number of aliphatic hydroxyl groups excluding tert-OH is 2. The Balaban J connectivity index is 0.00000576. The number of aryl methyl sites for hydroxylation is 1. The van der Waals surface area contributed by atoms with Crippen molar-refractivity contribution >= 4 is 17.7 Å². The third-order valence-corrected chi connectivity index (χ3v) is 7.39. The highest BCUT2D eigenvalue weighted by Crippen LogP contribution is 2.18. The lowest BCUT2D eigenvalue weighted by Gasteiger charge is -2.32. The van der Waals surface area contributed by atoms with Gasteiger partial charge in [-0.05, 0) is 79.8 Å². The number of carbonyl (C=O) groups is 3. The van der Waals surface area contributed by atoms with Gasteiger partial charge in [0.2, 0.25) is 0 Å². The van der Waals surface area contributed by atoms with E-state index in [4.69, 9.17) is 0 Å². The predicted octanol–water partition coefficient (Wildman–Crippen LogP) is 4.80. The maximum absolute atomic E-state index is 14.1. The van der Waals surface area contributed by atoms with Crippen molar-refractivity contribution in [1.82, 2.24) is 15.5 Å². The van der Waals surface area contributed by atoms with Gasteiger partial charge in [-0.15, -0.1) is 0 Å². The van der Waals surface area contributed by atoms with Gasteiger partial charge in [0.05, 0.1) is 24.6 Å². The molecule has 0 heterocycles. The highest BCUT2D eigenvalue weighted by molar-refractivity contribution is 6.00. The van der Waals surface area contributed by atoms with Gasteiger partial charge in [-0.2, -0.15) is 5.26 Å². The topological polar surface area (TPSA) is 143 Å². The molecule has 0 saturated heterocycles. The molecule has 0 spiro atoms. The Morgan fingerprint density at radius 2 is 1.37 bits per heavy atom. The fourth-order valence-electron chi connectivity index (χ4n) is 5.24. The van der Waals surface area contributed by atoms with E-state index >= 15 is 0 Å². The van der Waals surface area contributed by atoms with E-state index < -0.39 is 47.7 Å². The number of carbonyl (C=O) groups excluding carboxylic acids is 3. The standard InChI is InChI=1S/C35H40F2N4O5.2H2/c1-4-13-41(14-5-2)35(46)26-16-22(3)15-25(20-26)34(45)40-30(19-23-17-27(36)21-28(37)18-23)32(43)31(42)29(11-12-38)39-33(44)24-9-7-6-8-10-24;;/h6-10,15-18,20-21,29-32,42-43H,4-5,11,13-14,19H2,1-3H3,(H,39,44)(H,40,45);2*1H/t29-,30+,31-,32-;;/m1../s1. The van der Waals surface area contributed by atoms with Gasteiger partial charge >= 0.3 is 0 Å². The van der Waals surface area contributed by atoms with Crippen molar-refractivity contribution in [1.29, 1.82) is 5.26 Å². The van der Waals surface area contributed by atoms with Gasteiger partial charge in [-0.25, -0.2) is 8.78 Å². The highest BCUT2D eigenvalue weighted by Gasteiger charge is 2.35. The first kappa shape index (κ1) is 35.8. The van der Waals surface area contributed by atoms with Crippen LogP contribution in [-0.4, -0.2) is 70.2 Å². The SMILES string of the molecule is CCCN(CCC)C(=O)c1cc(C)cc(C(=O)N[C@@H](Cc2cc(F)cc(F)c2)[C@@H](O)[C@H](O)[C@@H](CC#N)NC(=O)c2ccccc2)c1.[HH].[HH]. The van der Waals surface area contributed by atoms with E-state index in [9.17, 15) is 38.6 Å². The molecular formula is C35H44F2N4O5. The molecule has 3 aromatic carbocycles. The molecule has 0 aromatic heterocycles. The lowest BCUT2D eigenvalue weighted by molar-refractivity contribution is -0.0212. The fourth-order valence-corrected chi connectivity index (χ4v) is 5.24. The van der Waals surface area contributed by atoms with Crippen LogP contribution < -0.4 is 10.6 Å². The van der Waals surface area contributed by atoms with Crippen molar-refractivity contribution in [2.45, 2.75) is 70.7 Å². The third kappa shape index (κ3) is 9.92. The average Bonchev–Trinajstić information content (AvgIpc) is 3.02. The zero-order valence-corrected chi connectivity index (χ0v) is 26.2. The van der Waals surface area contributed by atoms with Crippen LogP contribution in [0.1, 0.15) is 78.2 Å². The minimum Gasteiger partial charge on any atom is -0.388 e. The number of rotatable bonds is 15. The molecule has 0 aliphatic rings. The second kappa shape index (κ2) is 17.1. The summed E-state index contributed by atoms with van der Waals surface area (Å²) in [7, 11) is 0. The summed E-state index contributed by atoms with van der Waals surface area (Å²) < 4.78 is 28.2. The molecular weight excluding hydrogens is 594 g/mol. The second-order valence-corrected chi connectivity index (χ2v) is 11.2. The number of hydrogen-bond acceptors (Lipinski definition) is 6. The molecule has 248 valence electrons. The van der Waals surface area contributed by atoms with Crippen molar-refractivity contribution in [3.05, 3.63) is 106 Å². The molecule has 3 rings (SSSR count). The van der Waals surface area contributed by atoms with Crippen LogP contribution in [-0.2, 0) is 6.42 Å². The van der Waals surface area contributed by atoms with Crippen LogP contribution in [0.5, 0.6) is 0 Å². The molecule has 0 aliphatic carbocycles. The zero-order chi connectivity index (χ0) is 33.8. The van der Waals surface area contributed by atoms with E-state index in [1.54, 1.807) is 42.2 Å². The Bertz CT molecular complexity index is 1530. The number of hydrogen-bond donors (Lipinski definition) is 4. The van der Waals surface area contributed by atoms with Crippen LogP contribution in [0.2, 0.25) is 0 Å². The summed E-state index contributed by atoms with van der Waals surface area (Å²) in [4.78, 5) is 41.4. The number of nitrogens with one attached hydrogen (secondary N) is 2. The lowest BCUT2D eigenvalue weighted by atomic mass is 9.92. The largest absolute Gasteiger partial charge is 0.388 e.